The number of pyridine rings is 1. The van der Waals surface area contributed by atoms with Gasteiger partial charge in [0.25, 0.3) is 5.91 Å². The highest BCUT2D eigenvalue weighted by molar-refractivity contribution is 6.04. The Balaban J connectivity index is 1.72. The Kier molecular flexibility index (Phi) is 5.03. The first-order chi connectivity index (χ1) is 12.5. The van der Waals surface area contributed by atoms with Crippen molar-refractivity contribution in [2.45, 2.75) is 6.92 Å². The number of carbonyl (C=O) groups is 2. The molecule has 0 aliphatic carbocycles. The number of carbonyl (C=O) groups excluding carboxylic acids is 2. The van der Waals surface area contributed by atoms with E-state index in [0.29, 0.717) is 22.5 Å². The third-order valence-electron chi connectivity index (χ3n) is 3.68. The number of anilines is 3. The van der Waals surface area contributed by atoms with Gasteiger partial charge in [-0.05, 0) is 61.5 Å². The van der Waals surface area contributed by atoms with E-state index in [2.05, 4.69) is 15.6 Å². The molecular weight excluding hydrogens is 333 g/mol. The Morgan fingerprint density at radius 1 is 0.846 bits per heavy atom. The maximum atomic E-state index is 12.9. The van der Waals surface area contributed by atoms with Crippen molar-refractivity contribution in [1.82, 2.24) is 4.98 Å². The van der Waals surface area contributed by atoms with Gasteiger partial charge in [-0.2, -0.15) is 0 Å². The minimum Gasteiger partial charge on any atom is -0.354 e. The van der Waals surface area contributed by atoms with E-state index < -0.39 is 0 Å². The van der Waals surface area contributed by atoms with Crippen molar-refractivity contribution in [2.24, 2.45) is 0 Å². The predicted octanol–water partition coefficient (Wildman–Crippen LogP) is 4.42. The van der Waals surface area contributed by atoms with E-state index in [1.165, 1.54) is 37.4 Å². The monoisotopic (exact) mass is 349 g/mol. The molecule has 0 fully saturated rings. The summed E-state index contributed by atoms with van der Waals surface area (Å²) in [6, 6.07) is 14.2. The summed E-state index contributed by atoms with van der Waals surface area (Å²) in [6.07, 6.45) is 3.04. The molecule has 0 atom stereocenters. The van der Waals surface area contributed by atoms with Crippen LogP contribution in [0.1, 0.15) is 27.6 Å². The van der Waals surface area contributed by atoms with Gasteiger partial charge in [0.2, 0.25) is 0 Å². The molecule has 1 heterocycles. The zero-order valence-electron chi connectivity index (χ0n) is 14.0. The van der Waals surface area contributed by atoms with Crippen LogP contribution in [0.15, 0.2) is 67.0 Å². The van der Waals surface area contributed by atoms with E-state index in [1.54, 1.807) is 36.5 Å². The molecule has 0 saturated carbocycles. The van der Waals surface area contributed by atoms with Gasteiger partial charge in [-0.15, -0.1) is 0 Å². The zero-order chi connectivity index (χ0) is 18.5. The Bertz CT molecular complexity index is 938. The van der Waals surface area contributed by atoms with Crippen molar-refractivity contribution in [3.63, 3.8) is 0 Å². The fourth-order valence-electron chi connectivity index (χ4n) is 2.32. The van der Waals surface area contributed by atoms with E-state index >= 15 is 0 Å². The maximum Gasteiger partial charge on any atom is 0.257 e. The van der Waals surface area contributed by atoms with E-state index in [-0.39, 0.29) is 17.5 Å². The molecule has 1 amide bonds. The number of hydrogen-bond acceptors (Lipinski definition) is 4. The van der Waals surface area contributed by atoms with Crippen LogP contribution in [0.5, 0.6) is 0 Å². The van der Waals surface area contributed by atoms with Crippen LogP contribution in [-0.4, -0.2) is 16.7 Å². The number of hydrogen-bond donors (Lipinski definition) is 2. The number of benzene rings is 2. The Morgan fingerprint density at radius 2 is 1.50 bits per heavy atom. The molecule has 0 unspecified atom stereocenters. The van der Waals surface area contributed by atoms with Crippen molar-refractivity contribution in [3.05, 3.63) is 83.9 Å². The molecule has 0 radical (unpaired) electrons. The van der Waals surface area contributed by atoms with Crippen molar-refractivity contribution >= 4 is 28.8 Å². The minimum atomic E-state index is -0.369. The molecule has 2 N–H and O–H groups in total. The lowest BCUT2D eigenvalue weighted by Crippen LogP contribution is -2.12. The third-order valence-corrected chi connectivity index (χ3v) is 3.68. The number of aromatic nitrogens is 1. The standard InChI is InChI=1S/C20H16FN3O2/c1-13(25)14-2-6-17(7-3-14)23-19-10-15(11-22-12-19)20(26)24-18-8-4-16(21)5-9-18/h2-12,23H,1H3,(H,24,26). The number of nitrogens with one attached hydrogen (secondary N) is 2. The van der Waals surface area contributed by atoms with Gasteiger partial charge >= 0.3 is 0 Å². The molecule has 0 spiro atoms. The summed E-state index contributed by atoms with van der Waals surface area (Å²) >= 11 is 0. The molecule has 2 aromatic carbocycles. The lowest BCUT2D eigenvalue weighted by atomic mass is 10.1. The highest BCUT2D eigenvalue weighted by atomic mass is 19.1. The molecule has 0 aliphatic heterocycles. The normalized spacial score (nSPS) is 10.2. The quantitative estimate of drug-likeness (QED) is 0.669. The van der Waals surface area contributed by atoms with Gasteiger partial charge < -0.3 is 10.6 Å². The molecule has 0 bridgehead atoms. The molecule has 0 saturated heterocycles. The molecule has 5 nitrogen and oxygen atoms in total. The maximum absolute atomic E-state index is 12.9. The van der Waals surface area contributed by atoms with Gasteiger partial charge in [-0.1, -0.05) is 0 Å². The second kappa shape index (κ2) is 7.57. The molecule has 130 valence electrons. The second-order valence-electron chi connectivity index (χ2n) is 5.68. The van der Waals surface area contributed by atoms with Crippen molar-refractivity contribution in [2.75, 3.05) is 10.6 Å². The number of rotatable bonds is 5. The van der Waals surface area contributed by atoms with Crippen molar-refractivity contribution in [3.8, 4) is 0 Å². The summed E-state index contributed by atoms with van der Waals surface area (Å²) in [5.41, 5.74) is 2.88. The summed E-state index contributed by atoms with van der Waals surface area (Å²) in [6.45, 7) is 1.51. The van der Waals surface area contributed by atoms with Crippen LogP contribution in [0, 0.1) is 5.82 Å². The Labute approximate surface area is 149 Å². The summed E-state index contributed by atoms with van der Waals surface area (Å²) in [4.78, 5) is 27.7. The number of halogens is 1. The molecule has 6 heteroatoms. The smallest absolute Gasteiger partial charge is 0.257 e. The van der Waals surface area contributed by atoms with Gasteiger partial charge in [0, 0.05) is 23.1 Å². The predicted molar refractivity (Wildman–Crippen MR) is 98.3 cm³/mol. The topological polar surface area (TPSA) is 71.1 Å². The Hall–Kier alpha value is -3.54. The van der Waals surface area contributed by atoms with Gasteiger partial charge in [0.1, 0.15) is 5.82 Å². The van der Waals surface area contributed by atoms with E-state index in [9.17, 15) is 14.0 Å². The fraction of sp³-hybridized carbons (Fsp3) is 0.0500. The van der Waals surface area contributed by atoms with Gasteiger partial charge in [0.05, 0.1) is 17.4 Å². The number of amides is 1. The van der Waals surface area contributed by atoms with Crippen LogP contribution in [0.25, 0.3) is 0 Å². The molecule has 3 aromatic rings. The average Bonchev–Trinajstić information content (AvgIpc) is 2.64. The second-order valence-corrected chi connectivity index (χ2v) is 5.68. The summed E-state index contributed by atoms with van der Waals surface area (Å²) in [5.74, 6) is -0.719. The third kappa shape index (κ3) is 4.30. The summed E-state index contributed by atoms with van der Waals surface area (Å²) in [7, 11) is 0. The van der Waals surface area contributed by atoms with Crippen LogP contribution in [0.3, 0.4) is 0 Å². The van der Waals surface area contributed by atoms with Crippen LogP contribution in [0.4, 0.5) is 21.5 Å². The number of nitrogens with zero attached hydrogens (tertiary/aromatic N) is 1. The molecule has 3 rings (SSSR count). The van der Waals surface area contributed by atoms with Gasteiger partial charge in [0.15, 0.2) is 5.78 Å². The minimum absolute atomic E-state index is 0.00215. The van der Waals surface area contributed by atoms with Gasteiger partial charge in [-0.3, -0.25) is 14.6 Å². The number of Topliss-reactive ketones (excluding diaryl/α,β-unsaturated/α-hetero) is 1. The van der Waals surface area contributed by atoms with Crippen molar-refractivity contribution in [1.29, 1.82) is 0 Å². The van der Waals surface area contributed by atoms with E-state index in [1.807, 2.05) is 0 Å². The van der Waals surface area contributed by atoms with Gasteiger partial charge in [-0.25, -0.2) is 4.39 Å². The highest BCUT2D eigenvalue weighted by Crippen LogP contribution is 2.18. The van der Waals surface area contributed by atoms with Crippen molar-refractivity contribution < 1.29 is 14.0 Å². The lowest BCUT2D eigenvalue weighted by Gasteiger charge is -2.09. The van der Waals surface area contributed by atoms with E-state index in [0.717, 1.165) is 5.69 Å². The first kappa shape index (κ1) is 17.3. The molecule has 0 aliphatic rings. The SMILES string of the molecule is CC(=O)c1ccc(Nc2cncc(C(=O)Nc3ccc(F)cc3)c2)cc1. The molecule has 26 heavy (non-hydrogen) atoms. The van der Waals surface area contributed by atoms with Crippen LogP contribution >= 0.6 is 0 Å². The highest BCUT2D eigenvalue weighted by Gasteiger charge is 2.08. The van der Waals surface area contributed by atoms with E-state index in [4.69, 9.17) is 0 Å². The Morgan fingerprint density at radius 3 is 2.15 bits per heavy atom. The zero-order valence-corrected chi connectivity index (χ0v) is 14.0. The largest absolute Gasteiger partial charge is 0.354 e. The van der Waals surface area contributed by atoms with Crippen LogP contribution in [-0.2, 0) is 0 Å². The first-order valence-corrected chi connectivity index (χ1v) is 7.91. The average molecular weight is 349 g/mol. The fourth-order valence-corrected chi connectivity index (χ4v) is 2.32. The molecular formula is C20H16FN3O2. The lowest BCUT2D eigenvalue weighted by molar-refractivity contribution is 0.101. The summed E-state index contributed by atoms with van der Waals surface area (Å²) in [5, 5.41) is 5.82. The molecule has 1 aromatic heterocycles. The number of ketones is 1. The summed E-state index contributed by atoms with van der Waals surface area (Å²) < 4.78 is 12.9. The first-order valence-electron chi connectivity index (χ1n) is 7.91. The van der Waals surface area contributed by atoms with Crippen LogP contribution in [0.2, 0.25) is 0 Å². The van der Waals surface area contributed by atoms with Crippen LogP contribution < -0.4 is 10.6 Å².